The largest absolute Gasteiger partial charge is 0.410 e. The highest BCUT2D eigenvalue weighted by atomic mass is 35.5. The zero-order chi connectivity index (χ0) is 18.7. The maximum atomic E-state index is 13.1. The number of rotatable bonds is 10. The number of hydrogen-bond donors (Lipinski definition) is 0. The van der Waals surface area contributed by atoms with E-state index in [-0.39, 0.29) is 12.5 Å². The summed E-state index contributed by atoms with van der Waals surface area (Å²) in [5.74, 6) is -2.93. The summed E-state index contributed by atoms with van der Waals surface area (Å²) in [6, 6.07) is 3.03. The number of aromatic nitrogens is 1. The second-order valence-corrected chi connectivity index (χ2v) is 12.5. The molecule has 0 aromatic carbocycles. The first-order valence-corrected chi connectivity index (χ1v) is 12.4. The van der Waals surface area contributed by atoms with Gasteiger partial charge < -0.3 is 4.43 Å². The van der Waals surface area contributed by atoms with Crippen LogP contribution in [0.15, 0.2) is 12.4 Å². The van der Waals surface area contributed by atoms with Gasteiger partial charge >= 0.3 is 0 Å². The third-order valence-electron chi connectivity index (χ3n) is 5.51. The summed E-state index contributed by atoms with van der Waals surface area (Å²) in [4.78, 5) is 4.01. The molecule has 0 aliphatic heterocycles. The second-order valence-electron chi connectivity index (χ2n) is 6.96. The Balaban J connectivity index is 2.16. The molecule has 1 aliphatic rings. The lowest BCUT2D eigenvalue weighted by Gasteiger charge is -2.34. The fourth-order valence-electron chi connectivity index (χ4n) is 3.43. The van der Waals surface area contributed by atoms with Gasteiger partial charge in [-0.2, -0.15) is 0 Å². The highest BCUT2D eigenvalue weighted by molar-refractivity contribution is 6.73. The lowest BCUT2D eigenvalue weighted by atomic mass is 10.0. The van der Waals surface area contributed by atoms with Gasteiger partial charge in [0, 0.05) is 30.3 Å². The lowest BCUT2D eigenvalue weighted by Crippen LogP contribution is -2.37. The Kier molecular flexibility index (Phi) is 7.28. The second kappa shape index (κ2) is 8.64. The predicted molar refractivity (Wildman–Crippen MR) is 102 cm³/mol. The highest BCUT2D eigenvalue weighted by Crippen LogP contribution is 2.52. The maximum absolute atomic E-state index is 13.1. The van der Waals surface area contributed by atoms with Gasteiger partial charge in [-0.3, -0.25) is 4.98 Å². The van der Waals surface area contributed by atoms with Gasteiger partial charge in [0.25, 0.3) is 5.92 Å². The molecule has 1 saturated carbocycles. The average Bonchev–Trinajstić information content (AvgIpc) is 3.19. The molecule has 1 unspecified atom stereocenters. The van der Waals surface area contributed by atoms with Crippen LogP contribution in [0.25, 0.3) is 0 Å². The molecule has 2 nitrogen and oxygen atoms in total. The Labute approximate surface area is 160 Å². The molecule has 0 amide bonds. The van der Waals surface area contributed by atoms with Crippen molar-refractivity contribution in [3.63, 3.8) is 0 Å². The van der Waals surface area contributed by atoms with Gasteiger partial charge in [-0.25, -0.2) is 8.78 Å². The van der Waals surface area contributed by atoms with Crippen LogP contribution in [0.5, 0.6) is 0 Å². The van der Waals surface area contributed by atoms with Crippen molar-refractivity contribution in [1.29, 1.82) is 0 Å². The maximum Gasteiger partial charge on any atom is 0.251 e. The third kappa shape index (κ3) is 5.15. The molecule has 142 valence electrons. The molecule has 1 aromatic heterocycles. The minimum absolute atomic E-state index is 0.0207. The molecule has 1 heterocycles. The van der Waals surface area contributed by atoms with Gasteiger partial charge in [-0.05, 0) is 31.0 Å². The van der Waals surface area contributed by atoms with Gasteiger partial charge in [0.2, 0.25) is 0 Å². The van der Waals surface area contributed by atoms with Crippen LogP contribution in [-0.4, -0.2) is 19.2 Å². The van der Waals surface area contributed by atoms with Crippen molar-refractivity contribution in [3.05, 3.63) is 28.0 Å². The summed E-state index contributed by atoms with van der Waals surface area (Å²) >= 11 is 12.7. The molecule has 0 radical (unpaired) electrons. The zero-order valence-electron chi connectivity index (χ0n) is 15.1. The van der Waals surface area contributed by atoms with Crippen molar-refractivity contribution in [3.8, 4) is 0 Å². The molecule has 0 bridgehead atoms. The summed E-state index contributed by atoms with van der Waals surface area (Å²) in [5.41, 5.74) is 0.758. The monoisotopic (exact) mass is 409 g/mol. The normalized spacial score (nSPS) is 20.5. The summed E-state index contributed by atoms with van der Waals surface area (Å²) in [7, 11) is -1.88. The molecule has 2 rings (SSSR count). The number of hydrogen-bond acceptors (Lipinski definition) is 2. The SMILES string of the molecule is CC[Si](CC)(CC)OC(CCC[C@H]1CC1(F)F)c1c(Cl)cncc1Cl. The minimum Gasteiger partial charge on any atom is -0.410 e. The van der Waals surface area contributed by atoms with Gasteiger partial charge in [0.15, 0.2) is 8.32 Å². The van der Waals surface area contributed by atoms with E-state index in [1.807, 2.05) is 0 Å². The van der Waals surface area contributed by atoms with Crippen LogP contribution in [0.4, 0.5) is 8.78 Å². The quantitative estimate of drug-likeness (QED) is 0.378. The summed E-state index contributed by atoms with van der Waals surface area (Å²) < 4.78 is 32.9. The van der Waals surface area contributed by atoms with Crippen LogP contribution in [0.1, 0.15) is 58.1 Å². The molecule has 1 aliphatic carbocycles. The van der Waals surface area contributed by atoms with Crippen LogP contribution < -0.4 is 0 Å². The Morgan fingerprint density at radius 2 is 1.72 bits per heavy atom. The van der Waals surface area contributed by atoms with E-state index < -0.39 is 20.2 Å². The molecule has 1 aromatic rings. The van der Waals surface area contributed by atoms with E-state index in [0.717, 1.165) is 23.7 Å². The Hall–Kier alpha value is -0.233. The predicted octanol–water partition coefficient (Wildman–Crippen LogP) is 7.28. The van der Waals surface area contributed by atoms with Crippen molar-refractivity contribution in [1.82, 2.24) is 4.98 Å². The van der Waals surface area contributed by atoms with E-state index in [4.69, 9.17) is 27.6 Å². The van der Waals surface area contributed by atoms with E-state index in [1.165, 1.54) is 0 Å². The number of nitrogens with zero attached hydrogens (tertiary/aromatic N) is 1. The van der Waals surface area contributed by atoms with E-state index in [2.05, 4.69) is 25.8 Å². The molecule has 0 N–H and O–H groups in total. The molecule has 25 heavy (non-hydrogen) atoms. The molecule has 0 spiro atoms. The van der Waals surface area contributed by atoms with Crippen molar-refractivity contribution >= 4 is 31.5 Å². The van der Waals surface area contributed by atoms with Crippen molar-refractivity contribution in [2.45, 2.75) is 76.6 Å². The first kappa shape index (κ1) is 21.1. The van der Waals surface area contributed by atoms with Gasteiger partial charge in [0.05, 0.1) is 16.1 Å². The first-order chi connectivity index (χ1) is 11.8. The van der Waals surface area contributed by atoms with E-state index in [9.17, 15) is 8.78 Å². The van der Waals surface area contributed by atoms with Crippen molar-refractivity contribution in [2.24, 2.45) is 5.92 Å². The van der Waals surface area contributed by atoms with Crippen LogP contribution in [0, 0.1) is 5.92 Å². The lowest BCUT2D eigenvalue weighted by molar-refractivity contribution is 0.0946. The third-order valence-corrected chi connectivity index (χ3v) is 10.8. The zero-order valence-corrected chi connectivity index (χ0v) is 17.6. The fourth-order valence-corrected chi connectivity index (χ4v) is 6.87. The highest BCUT2D eigenvalue weighted by Gasteiger charge is 2.55. The topological polar surface area (TPSA) is 22.1 Å². The number of alkyl halides is 2. The summed E-state index contributed by atoms with van der Waals surface area (Å²) in [6.07, 6.45) is 4.77. The van der Waals surface area contributed by atoms with Crippen molar-refractivity contribution < 1.29 is 13.2 Å². The van der Waals surface area contributed by atoms with Crippen LogP contribution >= 0.6 is 23.2 Å². The molecular weight excluding hydrogens is 383 g/mol. The Morgan fingerprint density at radius 3 is 2.16 bits per heavy atom. The molecule has 1 fully saturated rings. The smallest absolute Gasteiger partial charge is 0.251 e. The summed E-state index contributed by atoms with van der Waals surface area (Å²) in [5, 5.41) is 0.973. The standard InChI is InChI=1S/C18H27Cl2F2NOSi/c1-4-25(5-2,6-3)24-16(9-7-8-13-10-18(13,21)22)17-14(19)11-23-12-15(17)20/h11-13,16H,4-10H2,1-3H3/t13-,16?/m0/s1. The van der Waals surface area contributed by atoms with Crippen LogP contribution in [-0.2, 0) is 4.43 Å². The number of pyridine rings is 1. The van der Waals surface area contributed by atoms with Gasteiger partial charge in [-0.15, -0.1) is 0 Å². The van der Waals surface area contributed by atoms with Gasteiger partial charge in [0.1, 0.15) is 0 Å². The van der Waals surface area contributed by atoms with Gasteiger partial charge in [-0.1, -0.05) is 50.4 Å². The Morgan fingerprint density at radius 1 is 1.20 bits per heavy atom. The molecule has 0 saturated heterocycles. The molecular formula is C18H27Cl2F2NOSi. The van der Waals surface area contributed by atoms with E-state index >= 15 is 0 Å². The van der Waals surface area contributed by atoms with Crippen LogP contribution in [0.3, 0.4) is 0 Å². The average molecular weight is 410 g/mol. The van der Waals surface area contributed by atoms with Crippen molar-refractivity contribution in [2.75, 3.05) is 0 Å². The van der Waals surface area contributed by atoms with Crippen LogP contribution in [0.2, 0.25) is 28.2 Å². The van der Waals surface area contributed by atoms with E-state index in [0.29, 0.717) is 29.3 Å². The molecule has 2 atom stereocenters. The molecule has 7 heteroatoms. The Bertz CT molecular complexity index is 556. The minimum atomic E-state index is -2.46. The fraction of sp³-hybridized carbons (Fsp3) is 0.722. The first-order valence-electron chi connectivity index (χ1n) is 9.13. The summed E-state index contributed by atoms with van der Waals surface area (Å²) in [6.45, 7) is 6.49. The number of halogens is 4. The van der Waals surface area contributed by atoms with E-state index in [1.54, 1.807) is 12.4 Å².